The van der Waals surface area contributed by atoms with Crippen LogP contribution in [-0.2, 0) is 4.74 Å². The van der Waals surface area contributed by atoms with Crippen LogP contribution in [-0.4, -0.2) is 42.3 Å². The summed E-state index contributed by atoms with van der Waals surface area (Å²) >= 11 is 0. The molecule has 1 fully saturated rings. The van der Waals surface area contributed by atoms with Gasteiger partial charge in [0.2, 0.25) is 5.95 Å². The number of halogens is 1. The highest BCUT2D eigenvalue weighted by atomic mass is 19.1. The van der Waals surface area contributed by atoms with Crippen LogP contribution in [0.5, 0.6) is 0 Å². The minimum Gasteiger partial charge on any atom is -0.360 e. The molecule has 1 aromatic heterocycles. The van der Waals surface area contributed by atoms with Crippen LogP contribution in [0.4, 0.5) is 16.2 Å². The van der Waals surface area contributed by atoms with E-state index in [0.29, 0.717) is 25.6 Å². The first-order valence-corrected chi connectivity index (χ1v) is 6.27. The van der Waals surface area contributed by atoms with Crippen LogP contribution in [0.1, 0.15) is 13.3 Å². The first-order valence-electron chi connectivity index (χ1n) is 6.27. The molecule has 0 amide bonds. The summed E-state index contributed by atoms with van der Waals surface area (Å²) in [6.07, 6.45) is 1.54. The molecule has 1 aliphatic rings. The number of morpholine rings is 1. The van der Waals surface area contributed by atoms with E-state index < -0.39 is 11.9 Å². The van der Waals surface area contributed by atoms with Crippen molar-refractivity contribution in [2.45, 2.75) is 19.4 Å². The molecule has 1 atom stereocenters. The van der Waals surface area contributed by atoms with E-state index in [2.05, 4.69) is 15.3 Å². The van der Waals surface area contributed by atoms with Crippen LogP contribution in [0.2, 0.25) is 0 Å². The van der Waals surface area contributed by atoms with Crippen molar-refractivity contribution in [3.05, 3.63) is 12.0 Å². The molecule has 1 N–H and O–H groups in total. The second kappa shape index (κ2) is 6.29. The normalized spacial score (nSPS) is 19.0. The molecule has 0 aliphatic carbocycles. The molecule has 102 valence electrons. The lowest BCUT2D eigenvalue weighted by molar-refractivity contribution is 0.0758. The van der Waals surface area contributed by atoms with Crippen LogP contribution in [0.3, 0.4) is 0 Å². The molecule has 1 aliphatic heterocycles. The van der Waals surface area contributed by atoms with E-state index in [1.807, 2.05) is 13.0 Å². The van der Waals surface area contributed by atoms with Gasteiger partial charge < -0.3 is 15.0 Å². The highest BCUT2D eigenvalue weighted by Gasteiger charge is 2.23. The van der Waals surface area contributed by atoms with Crippen molar-refractivity contribution in [1.82, 2.24) is 9.97 Å². The molecule has 2 rings (SSSR count). The summed E-state index contributed by atoms with van der Waals surface area (Å²) in [5, 5.41) is 11.9. The van der Waals surface area contributed by atoms with Gasteiger partial charge in [0.25, 0.3) is 0 Å². The Morgan fingerprint density at radius 1 is 1.68 bits per heavy atom. The van der Waals surface area contributed by atoms with E-state index in [4.69, 9.17) is 10.00 Å². The van der Waals surface area contributed by atoms with Crippen molar-refractivity contribution in [2.75, 3.05) is 36.5 Å². The van der Waals surface area contributed by atoms with E-state index in [-0.39, 0.29) is 5.82 Å². The molecule has 19 heavy (non-hydrogen) atoms. The Labute approximate surface area is 111 Å². The van der Waals surface area contributed by atoms with Crippen molar-refractivity contribution in [3.63, 3.8) is 0 Å². The Bertz CT molecular complexity index is 476. The second-order valence-electron chi connectivity index (χ2n) is 4.23. The van der Waals surface area contributed by atoms with Crippen molar-refractivity contribution < 1.29 is 9.13 Å². The number of nitriles is 1. The summed E-state index contributed by atoms with van der Waals surface area (Å²) in [4.78, 5) is 9.77. The molecule has 0 radical (unpaired) electrons. The van der Waals surface area contributed by atoms with Crippen molar-refractivity contribution in [3.8, 4) is 6.07 Å². The average Bonchev–Trinajstić information content (AvgIpc) is 2.46. The van der Waals surface area contributed by atoms with Gasteiger partial charge in [-0.25, -0.2) is 9.37 Å². The highest BCUT2D eigenvalue weighted by Crippen LogP contribution is 2.19. The van der Waals surface area contributed by atoms with Gasteiger partial charge in [0.1, 0.15) is 0 Å². The SMILES string of the molecule is CCCNc1ncc(F)c(N2CCOC(C#N)C2)n1. The average molecular weight is 265 g/mol. The van der Waals surface area contributed by atoms with Gasteiger partial charge in [-0.2, -0.15) is 10.2 Å². The van der Waals surface area contributed by atoms with E-state index in [1.165, 1.54) is 0 Å². The summed E-state index contributed by atoms with van der Waals surface area (Å²) in [7, 11) is 0. The number of nitrogens with one attached hydrogen (secondary N) is 1. The largest absolute Gasteiger partial charge is 0.360 e. The molecule has 0 aromatic carbocycles. The number of aromatic nitrogens is 2. The Morgan fingerprint density at radius 2 is 2.53 bits per heavy atom. The third-order valence-corrected chi connectivity index (χ3v) is 2.77. The van der Waals surface area contributed by atoms with Crippen LogP contribution < -0.4 is 10.2 Å². The van der Waals surface area contributed by atoms with Gasteiger partial charge in [-0.15, -0.1) is 0 Å². The number of hydrogen-bond donors (Lipinski definition) is 1. The summed E-state index contributed by atoms with van der Waals surface area (Å²) in [5.41, 5.74) is 0. The van der Waals surface area contributed by atoms with Gasteiger partial charge >= 0.3 is 0 Å². The monoisotopic (exact) mass is 265 g/mol. The number of ether oxygens (including phenoxy) is 1. The zero-order valence-electron chi connectivity index (χ0n) is 10.8. The molecule has 6 nitrogen and oxygen atoms in total. The third-order valence-electron chi connectivity index (χ3n) is 2.77. The number of hydrogen-bond acceptors (Lipinski definition) is 6. The predicted octanol–water partition coefficient (Wildman–Crippen LogP) is 1.17. The molecule has 2 heterocycles. The van der Waals surface area contributed by atoms with Gasteiger partial charge in [-0.1, -0.05) is 6.92 Å². The fraction of sp³-hybridized carbons (Fsp3) is 0.583. The van der Waals surface area contributed by atoms with Crippen molar-refractivity contribution >= 4 is 11.8 Å². The van der Waals surface area contributed by atoms with E-state index >= 15 is 0 Å². The van der Waals surface area contributed by atoms with Crippen LogP contribution in [0, 0.1) is 17.1 Å². The minimum absolute atomic E-state index is 0.220. The van der Waals surface area contributed by atoms with Gasteiger partial charge in [-0.3, -0.25) is 0 Å². The van der Waals surface area contributed by atoms with Crippen molar-refractivity contribution in [2.24, 2.45) is 0 Å². The second-order valence-corrected chi connectivity index (χ2v) is 4.23. The van der Waals surface area contributed by atoms with Crippen LogP contribution in [0.25, 0.3) is 0 Å². The minimum atomic E-state index is -0.546. The molecule has 1 saturated heterocycles. The number of anilines is 2. The topological polar surface area (TPSA) is 74.1 Å². The van der Waals surface area contributed by atoms with Crippen LogP contribution in [0.15, 0.2) is 6.20 Å². The molecule has 1 aromatic rings. The van der Waals surface area contributed by atoms with E-state index in [0.717, 1.165) is 19.2 Å². The smallest absolute Gasteiger partial charge is 0.224 e. The lowest BCUT2D eigenvalue weighted by atomic mass is 10.3. The first kappa shape index (κ1) is 13.5. The summed E-state index contributed by atoms with van der Waals surface area (Å²) < 4.78 is 19.0. The summed E-state index contributed by atoms with van der Waals surface area (Å²) in [5.74, 6) is 0.135. The number of rotatable bonds is 4. The third kappa shape index (κ3) is 3.29. The Kier molecular flexibility index (Phi) is 4.47. The van der Waals surface area contributed by atoms with Crippen LogP contribution >= 0.6 is 0 Å². The lowest BCUT2D eigenvalue weighted by Crippen LogP contribution is -2.42. The predicted molar refractivity (Wildman–Crippen MR) is 68.3 cm³/mol. The van der Waals surface area contributed by atoms with Crippen molar-refractivity contribution in [1.29, 1.82) is 5.26 Å². The maximum atomic E-state index is 13.8. The Hall–Kier alpha value is -1.94. The summed E-state index contributed by atoms with van der Waals surface area (Å²) in [6, 6.07) is 2.03. The quantitative estimate of drug-likeness (QED) is 0.880. The molecule has 0 saturated carbocycles. The zero-order chi connectivity index (χ0) is 13.7. The zero-order valence-corrected chi connectivity index (χ0v) is 10.8. The molecule has 0 spiro atoms. The molecule has 7 heteroatoms. The standard InChI is InChI=1S/C12H16FN5O/c1-2-3-15-12-16-7-10(13)11(17-12)18-4-5-19-9(6-14)8-18/h7,9H,2-5,8H2,1H3,(H,15,16,17). The Morgan fingerprint density at radius 3 is 3.26 bits per heavy atom. The first-order chi connectivity index (χ1) is 9.24. The summed E-state index contributed by atoms with van der Waals surface area (Å²) in [6.45, 7) is 3.97. The maximum Gasteiger partial charge on any atom is 0.224 e. The molecular formula is C12H16FN5O. The Balaban J connectivity index is 2.16. The van der Waals surface area contributed by atoms with Gasteiger partial charge in [-0.05, 0) is 6.42 Å². The van der Waals surface area contributed by atoms with Gasteiger partial charge in [0.05, 0.1) is 25.4 Å². The molecule has 1 unspecified atom stereocenters. The number of nitrogens with zero attached hydrogens (tertiary/aromatic N) is 4. The van der Waals surface area contributed by atoms with E-state index in [1.54, 1.807) is 4.90 Å². The van der Waals surface area contributed by atoms with Gasteiger partial charge in [0, 0.05) is 13.1 Å². The lowest BCUT2D eigenvalue weighted by Gasteiger charge is -2.30. The fourth-order valence-electron chi connectivity index (χ4n) is 1.82. The molecular weight excluding hydrogens is 249 g/mol. The fourth-order valence-corrected chi connectivity index (χ4v) is 1.82. The molecule has 0 bridgehead atoms. The highest BCUT2D eigenvalue weighted by molar-refractivity contribution is 5.44. The van der Waals surface area contributed by atoms with E-state index in [9.17, 15) is 4.39 Å². The van der Waals surface area contributed by atoms with Gasteiger partial charge in [0.15, 0.2) is 17.7 Å². The maximum absolute atomic E-state index is 13.8.